The zero-order valence-electron chi connectivity index (χ0n) is 7.21. The Morgan fingerprint density at radius 2 is 2.36 bits per heavy atom. The fraction of sp³-hybridized carbons (Fsp3) is 0.778. The highest BCUT2D eigenvalue weighted by Gasteiger charge is 2.06. The van der Waals surface area contributed by atoms with Crippen molar-refractivity contribution in [3.63, 3.8) is 0 Å². The van der Waals surface area contributed by atoms with E-state index in [0.29, 0.717) is 0 Å². The highest BCUT2D eigenvalue weighted by Crippen LogP contribution is 2.18. The number of aliphatic hydroxyl groups excluding tert-OH is 1. The predicted octanol–water partition coefficient (Wildman–Crippen LogP) is 1.37. The fourth-order valence-electron chi connectivity index (χ4n) is 1.46. The Bertz CT molecular complexity index is 142. The van der Waals surface area contributed by atoms with Crippen LogP contribution in [0, 0.1) is 0 Å². The van der Waals surface area contributed by atoms with Crippen molar-refractivity contribution >= 4 is 0 Å². The summed E-state index contributed by atoms with van der Waals surface area (Å²) in [5, 5.41) is 8.70. The molecule has 1 N–H and O–H groups in total. The lowest BCUT2D eigenvalue weighted by Gasteiger charge is -2.24. The SMILES string of the molecule is CN(CCO)C1=CCCCC1. The van der Waals surface area contributed by atoms with E-state index in [9.17, 15) is 0 Å². The van der Waals surface area contributed by atoms with Gasteiger partial charge in [-0.1, -0.05) is 6.08 Å². The average Bonchev–Trinajstić information content (AvgIpc) is 2.07. The van der Waals surface area contributed by atoms with Gasteiger partial charge in [0.25, 0.3) is 0 Å². The predicted molar refractivity (Wildman–Crippen MR) is 46.3 cm³/mol. The zero-order chi connectivity index (χ0) is 8.10. The van der Waals surface area contributed by atoms with Crippen LogP contribution in [0.3, 0.4) is 0 Å². The molecule has 1 aliphatic rings. The van der Waals surface area contributed by atoms with Gasteiger partial charge in [0.2, 0.25) is 0 Å². The molecule has 0 heterocycles. The van der Waals surface area contributed by atoms with Crippen molar-refractivity contribution in [3.05, 3.63) is 11.8 Å². The van der Waals surface area contributed by atoms with Gasteiger partial charge in [-0.2, -0.15) is 0 Å². The molecular formula is C9H17NO. The van der Waals surface area contributed by atoms with Crippen molar-refractivity contribution in [2.75, 3.05) is 20.2 Å². The summed E-state index contributed by atoms with van der Waals surface area (Å²) in [4.78, 5) is 2.15. The Morgan fingerprint density at radius 3 is 2.91 bits per heavy atom. The highest BCUT2D eigenvalue weighted by atomic mass is 16.3. The van der Waals surface area contributed by atoms with Crippen LogP contribution in [0.2, 0.25) is 0 Å². The molecule has 0 aromatic heterocycles. The number of allylic oxidation sites excluding steroid dienone is 2. The second kappa shape index (κ2) is 4.39. The lowest BCUT2D eigenvalue weighted by molar-refractivity contribution is 0.241. The molecule has 0 fully saturated rings. The summed E-state index contributed by atoms with van der Waals surface area (Å²) in [5.41, 5.74) is 1.41. The van der Waals surface area contributed by atoms with Crippen molar-refractivity contribution in [2.45, 2.75) is 25.7 Å². The molecule has 0 saturated carbocycles. The van der Waals surface area contributed by atoms with Crippen LogP contribution in [-0.2, 0) is 0 Å². The molecule has 0 saturated heterocycles. The third-order valence-corrected chi connectivity index (χ3v) is 2.19. The number of hydrogen-bond donors (Lipinski definition) is 1. The largest absolute Gasteiger partial charge is 0.395 e. The maximum absolute atomic E-state index is 8.70. The van der Waals surface area contributed by atoms with Gasteiger partial charge in [0.05, 0.1) is 6.61 Å². The molecular weight excluding hydrogens is 138 g/mol. The van der Waals surface area contributed by atoms with Crippen LogP contribution in [0.1, 0.15) is 25.7 Å². The molecule has 0 aromatic rings. The Labute approximate surface area is 68.5 Å². The van der Waals surface area contributed by atoms with Crippen LogP contribution in [0.25, 0.3) is 0 Å². The minimum atomic E-state index is 0.258. The van der Waals surface area contributed by atoms with E-state index in [1.807, 2.05) is 7.05 Å². The quantitative estimate of drug-likeness (QED) is 0.665. The lowest BCUT2D eigenvalue weighted by atomic mass is 10.0. The summed E-state index contributed by atoms with van der Waals surface area (Å²) in [5.74, 6) is 0. The summed E-state index contributed by atoms with van der Waals surface area (Å²) in [6, 6.07) is 0. The molecule has 0 radical (unpaired) electrons. The number of aliphatic hydroxyl groups is 1. The van der Waals surface area contributed by atoms with Crippen molar-refractivity contribution in [1.82, 2.24) is 4.90 Å². The molecule has 2 nitrogen and oxygen atoms in total. The summed E-state index contributed by atoms with van der Waals surface area (Å²) < 4.78 is 0. The van der Waals surface area contributed by atoms with E-state index in [1.54, 1.807) is 0 Å². The van der Waals surface area contributed by atoms with Crippen molar-refractivity contribution in [3.8, 4) is 0 Å². The van der Waals surface area contributed by atoms with Gasteiger partial charge in [-0.05, 0) is 25.7 Å². The number of nitrogens with zero attached hydrogens (tertiary/aromatic N) is 1. The Morgan fingerprint density at radius 1 is 1.55 bits per heavy atom. The molecule has 0 spiro atoms. The highest BCUT2D eigenvalue weighted by molar-refractivity contribution is 5.03. The van der Waals surface area contributed by atoms with Gasteiger partial charge in [-0.15, -0.1) is 0 Å². The summed E-state index contributed by atoms with van der Waals surface area (Å²) in [6.45, 7) is 1.03. The first kappa shape index (κ1) is 8.60. The van der Waals surface area contributed by atoms with Gasteiger partial charge >= 0.3 is 0 Å². The minimum absolute atomic E-state index is 0.258. The first-order valence-corrected chi connectivity index (χ1v) is 4.35. The third kappa shape index (κ3) is 2.54. The molecule has 64 valence electrons. The topological polar surface area (TPSA) is 23.5 Å². The summed E-state index contributed by atoms with van der Waals surface area (Å²) in [7, 11) is 2.05. The van der Waals surface area contributed by atoms with Crippen molar-refractivity contribution in [1.29, 1.82) is 0 Å². The van der Waals surface area contributed by atoms with Crippen molar-refractivity contribution < 1.29 is 5.11 Å². The first-order valence-electron chi connectivity index (χ1n) is 4.35. The van der Waals surface area contributed by atoms with Gasteiger partial charge in [0.1, 0.15) is 0 Å². The summed E-state index contributed by atoms with van der Waals surface area (Å²) >= 11 is 0. The second-order valence-electron chi connectivity index (χ2n) is 3.09. The van der Waals surface area contributed by atoms with E-state index in [4.69, 9.17) is 5.11 Å². The Balaban J connectivity index is 2.37. The molecule has 0 amide bonds. The van der Waals surface area contributed by atoms with Gasteiger partial charge in [-0.25, -0.2) is 0 Å². The van der Waals surface area contributed by atoms with E-state index in [1.165, 1.54) is 31.4 Å². The van der Waals surface area contributed by atoms with E-state index < -0.39 is 0 Å². The van der Waals surface area contributed by atoms with E-state index >= 15 is 0 Å². The van der Waals surface area contributed by atoms with Crippen LogP contribution in [0.5, 0.6) is 0 Å². The van der Waals surface area contributed by atoms with Crippen LogP contribution in [-0.4, -0.2) is 30.2 Å². The average molecular weight is 155 g/mol. The first-order chi connectivity index (χ1) is 5.34. The standard InChI is InChI=1S/C9H17NO/c1-10(7-8-11)9-5-3-2-4-6-9/h5,11H,2-4,6-8H2,1H3. The van der Waals surface area contributed by atoms with Crippen LogP contribution in [0.4, 0.5) is 0 Å². The number of rotatable bonds is 3. The fourth-order valence-corrected chi connectivity index (χ4v) is 1.46. The van der Waals surface area contributed by atoms with E-state index in [2.05, 4.69) is 11.0 Å². The molecule has 1 aliphatic carbocycles. The van der Waals surface area contributed by atoms with Crippen LogP contribution >= 0.6 is 0 Å². The Kier molecular flexibility index (Phi) is 3.43. The van der Waals surface area contributed by atoms with Gasteiger partial charge in [0, 0.05) is 19.3 Å². The molecule has 11 heavy (non-hydrogen) atoms. The molecule has 1 rings (SSSR count). The number of likely N-dealkylation sites (N-methyl/N-ethyl adjacent to an activating group) is 1. The van der Waals surface area contributed by atoms with Gasteiger partial charge in [0.15, 0.2) is 0 Å². The van der Waals surface area contributed by atoms with Gasteiger partial charge in [-0.3, -0.25) is 0 Å². The van der Waals surface area contributed by atoms with Crippen LogP contribution < -0.4 is 0 Å². The molecule has 0 aromatic carbocycles. The molecule has 0 aliphatic heterocycles. The maximum Gasteiger partial charge on any atom is 0.0606 e. The number of hydrogen-bond acceptors (Lipinski definition) is 2. The monoisotopic (exact) mass is 155 g/mol. The minimum Gasteiger partial charge on any atom is -0.395 e. The normalized spacial score (nSPS) is 17.8. The maximum atomic E-state index is 8.70. The zero-order valence-corrected chi connectivity index (χ0v) is 7.21. The molecule has 0 unspecified atom stereocenters. The molecule has 2 heteroatoms. The Hall–Kier alpha value is -0.500. The molecule has 0 atom stereocenters. The van der Waals surface area contributed by atoms with Gasteiger partial charge < -0.3 is 10.0 Å². The smallest absolute Gasteiger partial charge is 0.0606 e. The third-order valence-electron chi connectivity index (χ3n) is 2.19. The second-order valence-corrected chi connectivity index (χ2v) is 3.09. The lowest BCUT2D eigenvalue weighted by Crippen LogP contribution is -2.22. The van der Waals surface area contributed by atoms with Crippen molar-refractivity contribution in [2.24, 2.45) is 0 Å². The van der Waals surface area contributed by atoms with E-state index in [-0.39, 0.29) is 6.61 Å². The molecule has 0 bridgehead atoms. The van der Waals surface area contributed by atoms with Crippen LogP contribution in [0.15, 0.2) is 11.8 Å². The van der Waals surface area contributed by atoms with E-state index in [0.717, 1.165) is 6.54 Å². The summed E-state index contributed by atoms with van der Waals surface area (Å²) in [6.07, 6.45) is 7.33.